The monoisotopic (exact) mass is 403 g/mol. The van der Waals surface area contributed by atoms with Gasteiger partial charge in [0.2, 0.25) is 0 Å². The Morgan fingerprint density at radius 3 is 2.78 bits per heavy atom. The Morgan fingerprint density at radius 1 is 1.37 bits per heavy atom. The molecule has 2 aromatic heterocycles. The van der Waals surface area contributed by atoms with E-state index in [0.29, 0.717) is 34.4 Å². The lowest BCUT2D eigenvalue weighted by atomic mass is 9.84. The number of carbonyl (C=O) groups is 1. The summed E-state index contributed by atoms with van der Waals surface area (Å²) in [5.41, 5.74) is 9.92. The predicted octanol–water partition coefficient (Wildman–Crippen LogP) is 3.48. The molecule has 4 rings (SSSR count). The van der Waals surface area contributed by atoms with Gasteiger partial charge in [-0.15, -0.1) is 0 Å². The van der Waals surface area contributed by atoms with E-state index in [-0.39, 0.29) is 18.4 Å². The number of amides is 1. The van der Waals surface area contributed by atoms with Crippen LogP contribution in [-0.4, -0.2) is 20.7 Å². The minimum Gasteiger partial charge on any atom is -0.326 e. The lowest BCUT2D eigenvalue weighted by Crippen LogP contribution is -2.25. The van der Waals surface area contributed by atoms with Gasteiger partial charge in [0.1, 0.15) is 0 Å². The zero-order chi connectivity index (χ0) is 19.3. The highest BCUT2D eigenvalue weighted by atomic mass is 35.5. The average Bonchev–Trinajstić information content (AvgIpc) is 3.17. The fourth-order valence-corrected chi connectivity index (χ4v) is 4.38. The van der Waals surface area contributed by atoms with Crippen molar-refractivity contribution in [3.63, 3.8) is 0 Å². The Balaban J connectivity index is 1.87. The molecule has 1 aliphatic heterocycles. The predicted molar refractivity (Wildman–Crippen MR) is 106 cm³/mol. The third-order valence-corrected chi connectivity index (χ3v) is 5.71. The zero-order valence-electron chi connectivity index (χ0n) is 15.0. The molecule has 3 heterocycles. The first-order valence-electron chi connectivity index (χ1n) is 8.67. The quantitative estimate of drug-likeness (QED) is 0.850. The molecule has 0 fully saturated rings. The molecule has 2 aliphatic rings. The largest absolute Gasteiger partial charge is 0.326 e. The van der Waals surface area contributed by atoms with Crippen molar-refractivity contribution in [2.45, 2.75) is 32.4 Å². The summed E-state index contributed by atoms with van der Waals surface area (Å²) in [4.78, 5) is 19.6. The summed E-state index contributed by atoms with van der Waals surface area (Å²) < 4.78 is 1.67. The maximum absolute atomic E-state index is 13.3. The summed E-state index contributed by atoms with van der Waals surface area (Å²) in [6.45, 7) is 2.59. The summed E-state index contributed by atoms with van der Waals surface area (Å²) in [6, 6.07) is 1.82. The van der Waals surface area contributed by atoms with Gasteiger partial charge in [-0.05, 0) is 30.5 Å². The van der Waals surface area contributed by atoms with Crippen LogP contribution in [0.3, 0.4) is 0 Å². The molecule has 0 spiro atoms. The van der Waals surface area contributed by atoms with E-state index >= 15 is 0 Å². The molecule has 1 unspecified atom stereocenters. The van der Waals surface area contributed by atoms with Crippen molar-refractivity contribution in [1.82, 2.24) is 14.8 Å². The minimum absolute atomic E-state index is 0.119. The fraction of sp³-hybridized carbons (Fsp3) is 0.316. The van der Waals surface area contributed by atoms with Crippen LogP contribution in [0, 0.1) is 6.92 Å². The number of anilines is 1. The van der Waals surface area contributed by atoms with E-state index in [4.69, 9.17) is 28.9 Å². The van der Waals surface area contributed by atoms with Crippen molar-refractivity contribution >= 4 is 34.9 Å². The summed E-state index contributed by atoms with van der Waals surface area (Å²) in [5.74, 6) is 0.327. The number of aryl methyl sites for hydroxylation is 2. The SMILES string of the molecule is Cc1nc2c(c(C3CC=C(Cl)C=C3Cl)c1CN)C(=O)N(c1ccn(C)n1)C2. The van der Waals surface area contributed by atoms with Crippen LogP contribution in [0.4, 0.5) is 5.82 Å². The third-order valence-electron chi connectivity index (χ3n) is 5.08. The fourth-order valence-electron chi connectivity index (χ4n) is 3.80. The number of allylic oxidation sites excluding steroid dienone is 4. The molecule has 0 radical (unpaired) electrons. The molecule has 1 atom stereocenters. The average molecular weight is 404 g/mol. The maximum Gasteiger partial charge on any atom is 0.262 e. The van der Waals surface area contributed by atoms with Crippen LogP contribution >= 0.6 is 23.2 Å². The van der Waals surface area contributed by atoms with E-state index in [0.717, 1.165) is 22.5 Å². The van der Waals surface area contributed by atoms with E-state index in [1.54, 1.807) is 15.7 Å². The van der Waals surface area contributed by atoms with Gasteiger partial charge in [0.25, 0.3) is 5.91 Å². The molecule has 27 heavy (non-hydrogen) atoms. The second-order valence-corrected chi connectivity index (χ2v) is 7.63. The van der Waals surface area contributed by atoms with Crippen LogP contribution in [0.25, 0.3) is 0 Å². The number of halogens is 2. The molecule has 1 aliphatic carbocycles. The molecule has 0 aromatic carbocycles. The number of pyridine rings is 1. The molecule has 0 bridgehead atoms. The van der Waals surface area contributed by atoms with E-state index in [2.05, 4.69) is 10.1 Å². The first-order valence-corrected chi connectivity index (χ1v) is 9.42. The molecule has 2 aromatic rings. The van der Waals surface area contributed by atoms with Crippen molar-refractivity contribution < 1.29 is 4.79 Å². The highest BCUT2D eigenvalue weighted by molar-refractivity contribution is 6.35. The first-order chi connectivity index (χ1) is 12.9. The van der Waals surface area contributed by atoms with Crippen LogP contribution in [0.15, 0.2) is 34.5 Å². The summed E-state index contributed by atoms with van der Waals surface area (Å²) in [7, 11) is 1.82. The van der Waals surface area contributed by atoms with Gasteiger partial charge >= 0.3 is 0 Å². The van der Waals surface area contributed by atoms with Crippen molar-refractivity contribution in [1.29, 1.82) is 0 Å². The number of carbonyl (C=O) groups excluding carboxylic acids is 1. The number of nitrogens with zero attached hydrogens (tertiary/aromatic N) is 4. The smallest absolute Gasteiger partial charge is 0.262 e. The molecular formula is C19H19Cl2N5O. The van der Waals surface area contributed by atoms with E-state index < -0.39 is 0 Å². The Hall–Kier alpha value is -2.15. The molecule has 6 nitrogen and oxygen atoms in total. The van der Waals surface area contributed by atoms with Gasteiger partial charge < -0.3 is 5.73 Å². The van der Waals surface area contributed by atoms with Gasteiger partial charge in [0, 0.05) is 47.5 Å². The lowest BCUT2D eigenvalue weighted by molar-refractivity contribution is 0.0994. The lowest BCUT2D eigenvalue weighted by Gasteiger charge is -2.24. The van der Waals surface area contributed by atoms with E-state index in [9.17, 15) is 4.79 Å². The molecular weight excluding hydrogens is 385 g/mol. The highest BCUT2D eigenvalue weighted by Gasteiger charge is 2.38. The normalized spacial score (nSPS) is 19.2. The van der Waals surface area contributed by atoms with E-state index in [1.807, 2.05) is 32.3 Å². The van der Waals surface area contributed by atoms with Gasteiger partial charge in [-0.1, -0.05) is 29.3 Å². The Kier molecular flexibility index (Phi) is 4.58. The van der Waals surface area contributed by atoms with Gasteiger partial charge in [0.15, 0.2) is 5.82 Å². The van der Waals surface area contributed by atoms with Gasteiger partial charge in [-0.2, -0.15) is 5.10 Å². The van der Waals surface area contributed by atoms with Crippen LogP contribution in [0.2, 0.25) is 0 Å². The van der Waals surface area contributed by atoms with Crippen LogP contribution < -0.4 is 10.6 Å². The second kappa shape index (κ2) is 6.78. The number of aromatic nitrogens is 3. The second-order valence-electron chi connectivity index (χ2n) is 6.76. The Labute approximate surface area is 167 Å². The summed E-state index contributed by atoms with van der Waals surface area (Å²) >= 11 is 12.6. The molecule has 1 amide bonds. The number of nitrogens with two attached hydrogens (primary N) is 1. The zero-order valence-corrected chi connectivity index (χ0v) is 16.6. The van der Waals surface area contributed by atoms with Gasteiger partial charge in [-0.3, -0.25) is 19.4 Å². The van der Waals surface area contributed by atoms with E-state index in [1.165, 1.54) is 0 Å². The highest BCUT2D eigenvalue weighted by Crippen LogP contribution is 2.43. The van der Waals surface area contributed by atoms with Crippen LogP contribution in [-0.2, 0) is 20.1 Å². The number of hydrogen-bond donors (Lipinski definition) is 1. The maximum atomic E-state index is 13.3. The Bertz CT molecular complexity index is 1010. The number of rotatable bonds is 3. The van der Waals surface area contributed by atoms with Crippen molar-refractivity contribution in [2.75, 3.05) is 4.90 Å². The minimum atomic E-state index is -0.157. The van der Waals surface area contributed by atoms with Crippen molar-refractivity contribution in [3.05, 3.63) is 62.6 Å². The molecule has 2 N–H and O–H groups in total. The Morgan fingerprint density at radius 2 is 2.15 bits per heavy atom. The molecule has 8 heteroatoms. The molecule has 140 valence electrons. The number of hydrogen-bond acceptors (Lipinski definition) is 4. The molecule has 0 saturated carbocycles. The molecule has 0 saturated heterocycles. The van der Waals surface area contributed by atoms with Gasteiger partial charge in [-0.25, -0.2) is 0 Å². The van der Waals surface area contributed by atoms with Gasteiger partial charge in [0.05, 0.1) is 17.8 Å². The standard InChI is InChI=1S/C19H19Cl2N5O/c1-10-13(8-22)17(12-4-3-11(20)7-14(12)21)18-15(23-10)9-26(19(18)27)16-5-6-25(2)24-16/h3,5-7,12H,4,8-9,22H2,1-2H3. The van der Waals surface area contributed by atoms with Crippen LogP contribution in [0.5, 0.6) is 0 Å². The first kappa shape index (κ1) is 18.2. The summed E-state index contributed by atoms with van der Waals surface area (Å²) in [6.07, 6.45) is 6.07. The topological polar surface area (TPSA) is 77.0 Å². The van der Waals surface area contributed by atoms with Crippen molar-refractivity contribution in [3.8, 4) is 0 Å². The van der Waals surface area contributed by atoms with Crippen molar-refractivity contribution in [2.24, 2.45) is 12.8 Å². The third kappa shape index (κ3) is 2.98. The number of fused-ring (bicyclic) bond motifs is 1. The van der Waals surface area contributed by atoms with Crippen LogP contribution in [0.1, 0.15) is 45.2 Å². The summed E-state index contributed by atoms with van der Waals surface area (Å²) in [5, 5.41) is 5.57.